The molecule has 4 aromatic rings. The molecule has 1 fully saturated rings. The Labute approximate surface area is 222 Å². The summed E-state index contributed by atoms with van der Waals surface area (Å²) in [6.07, 6.45) is 0. The minimum atomic E-state index is -0.333. The molecule has 2 N–H and O–H groups in total. The minimum Gasteiger partial charge on any atom is -0.342 e. The number of nitrogens with zero attached hydrogens (tertiary/aromatic N) is 2. The van der Waals surface area contributed by atoms with Crippen LogP contribution in [0.5, 0.6) is 0 Å². The predicted molar refractivity (Wildman–Crippen MR) is 154 cm³/mol. The maximum absolute atomic E-state index is 5.44. The van der Waals surface area contributed by atoms with E-state index in [4.69, 9.17) is 4.98 Å². The van der Waals surface area contributed by atoms with Gasteiger partial charge < -0.3 is 10.3 Å². The highest BCUT2D eigenvalue weighted by molar-refractivity contribution is 5.57. The summed E-state index contributed by atoms with van der Waals surface area (Å²) in [5, 5.41) is 3.59. The molecule has 0 aliphatic carbocycles. The van der Waals surface area contributed by atoms with Gasteiger partial charge in [-0.2, -0.15) is 0 Å². The van der Waals surface area contributed by atoms with Crippen molar-refractivity contribution in [1.82, 2.24) is 20.2 Å². The van der Waals surface area contributed by atoms with E-state index in [1.54, 1.807) is 0 Å². The molecule has 5 rings (SSSR count). The van der Waals surface area contributed by atoms with Crippen molar-refractivity contribution >= 4 is 0 Å². The molecule has 4 nitrogen and oxygen atoms in total. The number of H-pyrrole nitrogens is 1. The lowest BCUT2D eigenvalue weighted by Crippen LogP contribution is -2.60. The van der Waals surface area contributed by atoms with Crippen molar-refractivity contribution in [2.24, 2.45) is 5.92 Å². The highest BCUT2D eigenvalue weighted by Crippen LogP contribution is 2.51. The molecule has 0 saturated carbocycles. The molecule has 0 bridgehead atoms. The first-order chi connectivity index (χ1) is 17.9. The molecule has 0 spiro atoms. The Balaban J connectivity index is 1.80. The van der Waals surface area contributed by atoms with Crippen LogP contribution in [-0.4, -0.2) is 41.0 Å². The average molecular weight is 493 g/mol. The summed E-state index contributed by atoms with van der Waals surface area (Å²) in [5.41, 5.74) is 8.34. The summed E-state index contributed by atoms with van der Waals surface area (Å²) < 4.78 is 0. The Bertz CT molecular complexity index is 1250. The first kappa shape index (κ1) is 25.4. The van der Waals surface area contributed by atoms with Crippen LogP contribution in [0.3, 0.4) is 0 Å². The van der Waals surface area contributed by atoms with E-state index in [1.165, 1.54) is 22.3 Å². The van der Waals surface area contributed by atoms with Gasteiger partial charge in [-0.25, -0.2) is 4.98 Å². The zero-order valence-electron chi connectivity index (χ0n) is 22.9. The van der Waals surface area contributed by atoms with Gasteiger partial charge in [0.25, 0.3) is 0 Å². The van der Waals surface area contributed by atoms with Crippen LogP contribution in [0.15, 0.2) is 78.9 Å². The fraction of sp³-hybridized carbons (Fsp3) is 0.364. The lowest BCUT2D eigenvalue weighted by atomic mass is 9.65. The largest absolute Gasteiger partial charge is 0.342 e. The third-order valence-corrected chi connectivity index (χ3v) is 8.09. The van der Waals surface area contributed by atoms with Gasteiger partial charge in [0.2, 0.25) is 0 Å². The van der Waals surface area contributed by atoms with Gasteiger partial charge >= 0.3 is 0 Å². The fourth-order valence-corrected chi connectivity index (χ4v) is 6.28. The molecule has 1 aliphatic heterocycles. The lowest BCUT2D eigenvalue weighted by molar-refractivity contribution is 0.0108. The van der Waals surface area contributed by atoms with E-state index < -0.39 is 0 Å². The number of rotatable bonds is 7. The molecule has 4 heteroatoms. The van der Waals surface area contributed by atoms with Crippen LogP contribution in [0, 0.1) is 26.7 Å². The Kier molecular flexibility index (Phi) is 7.32. The van der Waals surface area contributed by atoms with Gasteiger partial charge in [0.1, 0.15) is 5.82 Å². The lowest BCUT2D eigenvalue weighted by Gasteiger charge is -2.53. The first-order valence-electron chi connectivity index (χ1n) is 13.6. The third-order valence-electron chi connectivity index (χ3n) is 8.09. The maximum Gasteiger partial charge on any atom is 0.137 e. The Hall–Kier alpha value is -3.21. The molecule has 0 amide bonds. The van der Waals surface area contributed by atoms with Crippen molar-refractivity contribution in [2.45, 2.75) is 46.1 Å². The smallest absolute Gasteiger partial charge is 0.137 e. The van der Waals surface area contributed by atoms with E-state index in [0.29, 0.717) is 5.92 Å². The predicted octanol–water partition coefficient (Wildman–Crippen LogP) is 6.59. The highest BCUT2D eigenvalue weighted by atomic mass is 15.3. The Morgan fingerprint density at radius 1 is 0.757 bits per heavy atom. The second-order valence-corrected chi connectivity index (χ2v) is 10.9. The standard InChI is InChI=1S/C33H40N4/c1-23(2)33(37-21-19-34-20-22-37,31-26(5)35-32(36-31)29-9-7-6-8-10-29)30(27-15-11-24(3)12-16-27)28-17-13-25(4)14-18-28/h6-18,23,30,34H,19-22H2,1-5H3,(H,35,36). The first-order valence-corrected chi connectivity index (χ1v) is 13.6. The van der Waals surface area contributed by atoms with E-state index in [2.05, 4.69) is 129 Å². The van der Waals surface area contributed by atoms with Crippen molar-refractivity contribution in [3.05, 3.63) is 113 Å². The van der Waals surface area contributed by atoms with Gasteiger partial charge in [-0.1, -0.05) is 104 Å². The van der Waals surface area contributed by atoms with Gasteiger partial charge in [0.05, 0.1) is 11.2 Å². The zero-order valence-corrected chi connectivity index (χ0v) is 22.9. The number of nitrogens with one attached hydrogen (secondary N) is 2. The number of piperazine rings is 1. The maximum atomic E-state index is 5.44. The minimum absolute atomic E-state index is 0.123. The molecule has 37 heavy (non-hydrogen) atoms. The summed E-state index contributed by atoms with van der Waals surface area (Å²) in [4.78, 5) is 11.8. The molecule has 1 unspecified atom stereocenters. The zero-order chi connectivity index (χ0) is 26.0. The summed E-state index contributed by atoms with van der Waals surface area (Å²) in [6, 6.07) is 28.9. The van der Waals surface area contributed by atoms with E-state index in [0.717, 1.165) is 49.0 Å². The third kappa shape index (κ3) is 4.76. The van der Waals surface area contributed by atoms with Crippen LogP contribution < -0.4 is 5.32 Å². The summed E-state index contributed by atoms with van der Waals surface area (Å²) in [7, 11) is 0. The van der Waals surface area contributed by atoms with Gasteiger partial charge in [-0.05, 0) is 37.8 Å². The number of aromatic amines is 1. The quantitative estimate of drug-likeness (QED) is 0.306. The fourth-order valence-electron chi connectivity index (χ4n) is 6.28. The van der Waals surface area contributed by atoms with E-state index in [1.807, 2.05) is 0 Å². The van der Waals surface area contributed by atoms with Crippen molar-refractivity contribution in [3.8, 4) is 11.4 Å². The number of hydrogen-bond acceptors (Lipinski definition) is 3. The van der Waals surface area contributed by atoms with Crippen molar-refractivity contribution < 1.29 is 0 Å². The SMILES string of the molecule is Cc1ccc(C(c2ccc(C)cc2)C(c2nc(-c3ccccc3)[nH]c2C)(C(C)C)N2CCNCC2)cc1. The van der Waals surface area contributed by atoms with Crippen LogP contribution in [0.2, 0.25) is 0 Å². The summed E-state index contributed by atoms with van der Waals surface area (Å²) in [5.74, 6) is 1.38. The monoisotopic (exact) mass is 492 g/mol. The number of hydrogen-bond donors (Lipinski definition) is 2. The number of aryl methyl sites for hydroxylation is 3. The van der Waals surface area contributed by atoms with Crippen LogP contribution in [0.25, 0.3) is 11.4 Å². The van der Waals surface area contributed by atoms with Crippen LogP contribution in [-0.2, 0) is 5.54 Å². The topological polar surface area (TPSA) is 44.0 Å². The van der Waals surface area contributed by atoms with Crippen LogP contribution >= 0.6 is 0 Å². The number of aromatic nitrogens is 2. The molecule has 3 aromatic carbocycles. The molecular weight excluding hydrogens is 452 g/mol. The molecule has 1 aromatic heterocycles. The van der Waals surface area contributed by atoms with Crippen molar-refractivity contribution in [3.63, 3.8) is 0 Å². The van der Waals surface area contributed by atoms with Crippen molar-refractivity contribution in [1.29, 1.82) is 0 Å². The highest BCUT2D eigenvalue weighted by Gasteiger charge is 2.52. The molecule has 1 aliphatic rings. The van der Waals surface area contributed by atoms with Gasteiger partial charge in [-0.3, -0.25) is 4.90 Å². The number of benzene rings is 3. The van der Waals surface area contributed by atoms with Gasteiger partial charge in [0, 0.05) is 43.4 Å². The molecule has 2 heterocycles. The molecule has 1 atom stereocenters. The second kappa shape index (κ2) is 10.6. The van der Waals surface area contributed by atoms with Crippen LogP contribution in [0.4, 0.5) is 0 Å². The summed E-state index contributed by atoms with van der Waals surface area (Å²) in [6.45, 7) is 15.2. The van der Waals surface area contributed by atoms with Crippen molar-refractivity contribution in [2.75, 3.05) is 26.2 Å². The molecular formula is C33H40N4. The molecule has 192 valence electrons. The van der Waals surface area contributed by atoms with Crippen LogP contribution in [0.1, 0.15) is 53.4 Å². The number of imidazole rings is 1. The Morgan fingerprint density at radius 3 is 1.81 bits per heavy atom. The van der Waals surface area contributed by atoms with Gasteiger partial charge in [-0.15, -0.1) is 0 Å². The second-order valence-electron chi connectivity index (χ2n) is 10.9. The van der Waals surface area contributed by atoms with E-state index >= 15 is 0 Å². The Morgan fingerprint density at radius 2 is 1.30 bits per heavy atom. The summed E-state index contributed by atoms with van der Waals surface area (Å²) >= 11 is 0. The normalized spacial score (nSPS) is 16.3. The molecule has 1 saturated heterocycles. The average Bonchev–Trinajstić information content (AvgIpc) is 3.31. The molecule has 0 radical (unpaired) electrons. The van der Waals surface area contributed by atoms with E-state index in [-0.39, 0.29) is 11.5 Å². The van der Waals surface area contributed by atoms with E-state index in [9.17, 15) is 0 Å². The van der Waals surface area contributed by atoms with Gasteiger partial charge in [0.15, 0.2) is 0 Å².